The Labute approximate surface area is 118 Å². The molecule has 0 atom stereocenters. The van der Waals surface area contributed by atoms with Crippen molar-refractivity contribution in [3.8, 4) is 0 Å². The van der Waals surface area contributed by atoms with Gasteiger partial charge in [-0.15, -0.1) is 0 Å². The number of carbonyl (C=O) groups is 1. The Kier molecular flexibility index (Phi) is 4.53. The number of rotatable bonds is 3. The maximum absolute atomic E-state index is 10.9. The minimum absolute atomic E-state index is 0.0431. The maximum atomic E-state index is 10.9. The summed E-state index contributed by atoms with van der Waals surface area (Å²) < 4.78 is 0. The highest BCUT2D eigenvalue weighted by molar-refractivity contribution is 6.31. The van der Waals surface area contributed by atoms with E-state index in [2.05, 4.69) is 10.2 Å². The van der Waals surface area contributed by atoms with E-state index >= 15 is 0 Å². The van der Waals surface area contributed by atoms with E-state index in [1.165, 1.54) is 0 Å². The third-order valence-corrected chi connectivity index (χ3v) is 3.82. The van der Waals surface area contributed by atoms with Crippen LogP contribution in [0.2, 0.25) is 5.02 Å². The lowest BCUT2D eigenvalue weighted by Gasteiger charge is -2.34. The van der Waals surface area contributed by atoms with E-state index in [1.807, 2.05) is 18.2 Å². The molecule has 104 valence electrons. The van der Waals surface area contributed by atoms with Crippen LogP contribution in [0.1, 0.15) is 19.8 Å². The Bertz CT molecular complexity index is 456. The minimum atomic E-state index is 0.0431. The minimum Gasteiger partial charge on any atom is -0.397 e. The van der Waals surface area contributed by atoms with Crippen molar-refractivity contribution in [3.63, 3.8) is 0 Å². The molecule has 3 N–H and O–H groups in total. The number of piperidine rings is 1. The van der Waals surface area contributed by atoms with Crippen LogP contribution in [0, 0.1) is 5.92 Å². The highest BCUT2D eigenvalue weighted by atomic mass is 35.5. The third-order valence-electron chi connectivity index (χ3n) is 3.59. The van der Waals surface area contributed by atoms with Gasteiger partial charge in [-0.2, -0.15) is 0 Å². The molecule has 0 unspecified atom stereocenters. The summed E-state index contributed by atoms with van der Waals surface area (Å²) in [4.78, 5) is 13.2. The Hall–Kier alpha value is -1.42. The molecule has 1 amide bonds. The first-order valence-electron chi connectivity index (χ1n) is 6.60. The predicted octanol–water partition coefficient (Wildman–Crippen LogP) is 2.27. The van der Waals surface area contributed by atoms with Gasteiger partial charge in [-0.25, -0.2) is 0 Å². The molecule has 0 saturated carbocycles. The van der Waals surface area contributed by atoms with Crippen LogP contribution in [0.4, 0.5) is 11.4 Å². The second-order valence-corrected chi connectivity index (χ2v) is 5.51. The van der Waals surface area contributed by atoms with E-state index in [-0.39, 0.29) is 5.91 Å². The summed E-state index contributed by atoms with van der Waals surface area (Å²) in [5.41, 5.74) is 7.78. The first-order valence-corrected chi connectivity index (χ1v) is 6.98. The zero-order valence-electron chi connectivity index (χ0n) is 11.2. The third kappa shape index (κ3) is 3.77. The Morgan fingerprint density at radius 2 is 2.16 bits per heavy atom. The van der Waals surface area contributed by atoms with Crippen LogP contribution in [0.3, 0.4) is 0 Å². The quantitative estimate of drug-likeness (QED) is 0.836. The summed E-state index contributed by atoms with van der Waals surface area (Å²) in [6, 6.07) is 5.58. The number of nitrogens with two attached hydrogens (primary N) is 1. The van der Waals surface area contributed by atoms with Gasteiger partial charge in [0.05, 0.1) is 11.4 Å². The van der Waals surface area contributed by atoms with Crippen LogP contribution in [0.25, 0.3) is 0 Å². The second-order valence-electron chi connectivity index (χ2n) is 5.07. The monoisotopic (exact) mass is 281 g/mol. The van der Waals surface area contributed by atoms with Crippen molar-refractivity contribution in [2.45, 2.75) is 19.8 Å². The number of hydrogen-bond donors (Lipinski definition) is 2. The summed E-state index contributed by atoms with van der Waals surface area (Å²) in [6.07, 6.45) is 2.12. The average molecular weight is 282 g/mol. The number of hydrogen-bond acceptors (Lipinski definition) is 3. The molecule has 0 aliphatic carbocycles. The van der Waals surface area contributed by atoms with Crippen molar-refractivity contribution in [2.75, 3.05) is 30.3 Å². The molecule has 1 saturated heterocycles. The zero-order valence-corrected chi connectivity index (χ0v) is 11.9. The van der Waals surface area contributed by atoms with Gasteiger partial charge in [0.1, 0.15) is 0 Å². The molecule has 1 aliphatic rings. The van der Waals surface area contributed by atoms with Crippen molar-refractivity contribution in [1.82, 2.24) is 5.32 Å². The van der Waals surface area contributed by atoms with Crippen LogP contribution >= 0.6 is 11.6 Å². The lowest BCUT2D eigenvalue weighted by atomic mass is 9.96. The molecule has 1 aromatic rings. The van der Waals surface area contributed by atoms with Gasteiger partial charge >= 0.3 is 0 Å². The van der Waals surface area contributed by atoms with Crippen LogP contribution in [0.15, 0.2) is 18.2 Å². The van der Waals surface area contributed by atoms with Crippen molar-refractivity contribution in [3.05, 3.63) is 23.2 Å². The van der Waals surface area contributed by atoms with Crippen LogP contribution < -0.4 is 16.0 Å². The molecule has 1 aromatic carbocycles. The van der Waals surface area contributed by atoms with E-state index in [0.29, 0.717) is 10.9 Å². The lowest BCUT2D eigenvalue weighted by Crippen LogP contribution is -2.38. The standard InChI is InChI=1S/C14H20ClN3O/c1-10(19)17-9-11-4-6-18(7-5-11)14-8-12(15)2-3-13(14)16/h2-3,8,11H,4-7,9,16H2,1H3,(H,17,19). The summed E-state index contributed by atoms with van der Waals surface area (Å²) >= 11 is 6.02. The molecule has 1 aliphatic heterocycles. The number of benzene rings is 1. The number of carbonyl (C=O) groups excluding carboxylic acids is 1. The molecule has 0 aromatic heterocycles. The number of halogens is 1. The highest BCUT2D eigenvalue weighted by Gasteiger charge is 2.20. The molecule has 19 heavy (non-hydrogen) atoms. The van der Waals surface area contributed by atoms with E-state index in [9.17, 15) is 4.79 Å². The number of anilines is 2. The normalized spacial score (nSPS) is 16.4. The topological polar surface area (TPSA) is 58.4 Å². The molecule has 0 spiro atoms. The molecule has 1 heterocycles. The van der Waals surface area contributed by atoms with Crippen LogP contribution in [0.5, 0.6) is 0 Å². The molecular weight excluding hydrogens is 262 g/mol. The van der Waals surface area contributed by atoms with Crippen LogP contribution in [-0.4, -0.2) is 25.5 Å². The fourth-order valence-corrected chi connectivity index (χ4v) is 2.62. The Balaban J connectivity index is 1.92. The lowest BCUT2D eigenvalue weighted by molar-refractivity contribution is -0.119. The largest absolute Gasteiger partial charge is 0.397 e. The first-order chi connectivity index (χ1) is 9.06. The molecular formula is C14H20ClN3O. The van der Waals surface area contributed by atoms with Crippen LogP contribution in [-0.2, 0) is 4.79 Å². The SMILES string of the molecule is CC(=O)NCC1CCN(c2cc(Cl)ccc2N)CC1. The molecule has 0 radical (unpaired) electrons. The number of nitrogens with zero attached hydrogens (tertiary/aromatic N) is 1. The van der Waals surface area contributed by atoms with E-state index in [1.54, 1.807) is 6.92 Å². The van der Waals surface area contributed by atoms with Crippen molar-refractivity contribution in [2.24, 2.45) is 5.92 Å². The van der Waals surface area contributed by atoms with Crippen molar-refractivity contribution < 1.29 is 4.79 Å². The summed E-state index contributed by atoms with van der Waals surface area (Å²) in [5.74, 6) is 0.599. The Morgan fingerprint density at radius 1 is 1.47 bits per heavy atom. The van der Waals surface area contributed by atoms with Gasteiger partial charge in [-0.1, -0.05) is 11.6 Å². The Morgan fingerprint density at radius 3 is 2.79 bits per heavy atom. The van der Waals surface area contributed by atoms with Gasteiger partial charge in [0, 0.05) is 31.6 Å². The fourth-order valence-electron chi connectivity index (χ4n) is 2.46. The molecule has 0 bridgehead atoms. The van der Waals surface area contributed by atoms with Gasteiger partial charge < -0.3 is 16.0 Å². The van der Waals surface area contributed by atoms with Gasteiger partial charge in [-0.3, -0.25) is 4.79 Å². The van der Waals surface area contributed by atoms with E-state index in [0.717, 1.165) is 43.9 Å². The predicted molar refractivity (Wildman–Crippen MR) is 79.5 cm³/mol. The van der Waals surface area contributed by atoms with Crippen molar-refractivity contribution >= 4 is 28.9 Å². The second kappa shape index (κ2) is 6.15. The van der Waals surface area contributed by atoms with Crippen molar-refractivity contribution in [1.29, 1.82) is 0 Å². The summed E-state index contributed by atoms with van der Waals surface area (Å²) in [5, 5.41) is 3.60. The van der Waals surface area contributed by atoms with Gasteiger partial charge in [0.15, 0.2) is 0 Å². The molecule has 2 rings (SSSR count). The first kappa shape index (κ1) is 14.0. The zero-order chi connectivity index (χ0) is 13.8. The number of amides is 1. The number of nitrogen functional groups attached to an aromatic ring is 1. The number of nitrogens with one attached hydrogen (secondary N) is 1. The molecule has 5 heteroatoms. The van der Waals surface area contributed by atoms with E-state index < -0.39 is 0 Å². The molecule has 4 nitrogen and oxygen atoms in total. The van der Waals surface area contributed by atoms with Gasteiger partial charge in [-0.05, 0) is 37.0 Å². The maximum Gasteiger partial charge on any atom is 0.216 e. The highest BCUT2D eigenvalue weighted by Crippen LogP contribution is 2.30. The smallest absolute Gasteiger partial charge is 0.216 e. The summed E-state index contributed by atoms with van der Waals surface area (Å²) in [7, 11) is 0. The van der Waals surface area contributed by atoms with Gasteiger partial charge in [0.25, 0.3) is 0 Å². The van der Waals surface area contributed by atoms with E-state index in [4.69, 9.17) is 17.3 Å². The summed E-state index contributed by atoms with van der Waals surface area (Å²) in [6.45, 7) is 4.24. The molecule has 1 fully saturated rings. The fraction of sp³-hybridized carbons (Fsp3) is 0.500. The average Bonchev–Trinajstić information content (AvgIpc) is 2.40. The van der Waals surface area contributed by atoms with Gasteiger partial charge in [0.2, 0.25) is 5.91 Å².